The van der Waals surface area contributed by atoms with Gasteiger partial charge in [-0.3, -0.25) is 4.79 Å². The summed E-state index contributed by atoms with van der Waals surface area (Å²) in [5.41, 5.74) is 12.9. The molecule has 3 aromatic carbocycles. The number of aryl methyl sites for hydroxylation is 3. The average Bonchev–Trinajstić information content (AvgIpc) is 2.72. The molecule has 0 aliphatic carbocycles. The van der Waals surface area contributed by atoms with Gasteiger partial charge in [0.2, 0.25) is 5.91 Å². The number of hydrogen-bond acceptors (Lipinski definition) is 2. The van der Waals surface area contributed by atoms with Crippen molar-refractivity contribution in [1.82, 2.24) is 0 Å². The zero-order valence-corrected chi connectivity index (χ0v) is 18.1. The highest BCUT2D eigenvalue weighted by molar-refractivity contribution is 5.97. The van der Waals surface area contributed by atoms with Crippen molar-refractivity contribution in [2.75, 3.05) is 11.4 Å². The number of hydrogen-bond donors (Lipinski definition) is 1. The molecular formula is C25H29ClN2O. The van der Waals surface area contributed by atoms with Crippen LogP contribution in [0.1, 0.15) is 33.9 Å². The highest BCUT2D eigenvalue weighted by Crippen LogP contribution is 2.23. The van der Waals surface area contributed by atoms with E-state index in [1.165, 1.54) is 22.3 Å². The maximum Gasteiger partial charge on any atom is 0.248 e. The molecule has 0 aliphatic rings. The number of anilines is 1. The van der Waals surface area contributed by atoms with Gasteiger partial charge in [-0.25, -0.2) is 0 Å². The van der Waals surface area contributed by atoms with Crippen LogP contribution in [-0.4, -0.2) is 12.5 Å². The molecule has 0 spiro atoms. The van der Waals surface area contributed by atoms with Crippen LogP contribution < -0.4 is 10.6 Å². The number of carbonyl (C=O) groups excluding carboxylic acids is 1. The lowest BCUT2D eigenvalue weighted by Gasteiger charge is -2.27. The van der Waals surface area contributed by atoms with Crippen LogP contribution >= 0.6 is 12.4 Å². The Bertz CT molecular complexity index is 956. The van der Waals surface area contributed by atoms with Crippen molar-refractivity contribution >= 4 is 24.0 Å². The van der Waals surface area contributed by atoms with Crippen LogP contribution in [0.2, 0.25) is 0 Å². The first-order valence-corrected chi connectivity index (χ1v) is 9.71. The number of carbonyl (C=O) groups is 1. The minimum absolute atomic E-state index is 0. The fourth-order valence-electron chi connectivity index (χ4n) is 3.35. The number of nitrogens with zero attached hydrogens (tertiary/aromatic N) is 1. The number of halogens is 1. The normalized spacial score (nSPS) is 11.4. The smallest absolute Gasteiger partial charge is 0.248 e. The van der Waals surface area contributed by atoms with E-state index in [1.54, 1.807) is 0 Å². The Balaban J connectivity index is 0.00000300. The van der Waals surface area contributed by atoms with E-state index in [4.69, 9.17) is 5.73 Å². The Morgan fingerprint density at radius 2 is 1.52 bits per heavy atom. The van der Waals surface area contributed by atoms with Gasteiger partial charge >= 0.3 is 0 Å². The predicted octanol–water partition coefficient (Wildman–Crippen LogP) is 5.31. The van der Waals surface area contributed by atoms with E-state index in [2.05, 4.69) is 45.0 Å². The molecule has 2 N–H and O–H groups in total. The van der Waals surface area contributed by atoms with E-state index < -0.39 is 6.04 Å². The molecule has 0 unspecified atom stereocenters. The third-order valence-electron chi connectivity index (χ3n) is 5.36. The van der Waals surface area contributed by atoms with Gasteiger partial charge in [0.15, 0.2) is 0 Å². The summed E-state index contributed by atoms with van der Waals surface area (Å²) in [5.74, 6) is -0.0805. The maximum atomic E-state index is 13.3. The molecule has 3 rings (SSSR count). The minimum Gasteiger partial charge on any atom is -0.316 e. The van der Waals surface area contributed by atoms with E-state index in [-0.39, 0.29) is 18.3 Å². The molecule has 0 heterocycles. The topological polar surface area (TPSA) is 46.3 Å². The summed E-state index contributed by atoms with van der Waals surface area (Å²) in [6, 6.07) is 23.3. The molecule has 0 fully saturated rings. The number of nitrogens with two attached hydrogens (primary N) is 1. The van der Waals surface area contributed by atoms with E-state index in [0.29, 0.717) is 6.54 Å². The van der Waals surface area contributed by atoms with Crippen molar-refractivity contribution < 1.29 is 4.79 Å². The monoisotopic (exact) mass is 408 g/mol. The Kier molecular flexibility index (Phi) is 8.00. The maximum absolute atomic E-state index is 13.3. The van der Waals surface area contributed by atoms with E-state index in [9.17, 15) is 4.79 Å². The molecule has 152 valence electrons. The van der Waals surface area contributed by atoms with Crippen LogP contribution in [-0.2, 0) is 11.2 Å². The Morgan fingerprint density at radius 3 is 2.17 bits per heavy atom. The summed E-state index contributed by atoms with van der Waals surface area (Å²) >= 11 is 0. The summed E-state index contributed by atoms with van der Waals surface area (Å²) in [6.07, 6.45) is 0.785. The molecule has 3 nitrogen and oxygen atoms in total. The van der Waals surface area contributed by atoms with Crippen molar-refractivity contribution in [2.45, 2.75) is 33.2 Å². The van der Waals surface area contributed by atoms with Gasteiger partial charge in [0.1, 0.15) is 6.04 Å². The average molecular weight is 409 g/mol. The summed E-state index contributed by atoms with van der Waals surface area (Å²) in [4.78, 5) is 15.2. The van der Waals surface area contributed by atoms with Crippen LogP contribution in [0.3, 0.4) is 0 Å². The quantitative estimate of drug-likeness (QED) is 0.600. The number of amides is 1. The van der Waals surface area contributed by atoms with E-state index in [0.717, 1.165) is 17.7 Å². The van der Waals surface area contributed by atoms with Gasteiger partial charge in [-0.05, 0) is 67.1 Å². The second-order valence-corrected chi connectivity index (χ2v) is 7.32. The third kappa shape index (κ3) is 5.47. The Morgan fingerprint density at radius 1 is 0.862 bits per heavy atom. The first-order valence-electron chi connectivity index (χ1n) is 9.71. The lowest BCUT2D eigenvalue weighted by Crippen LogP contribution is -2.40. The largest absolute Gasteiger partial charge is 0.316 e. The summed E-state index contributed by atoms with van der Waals surface area (Å²) in [5, 5.41) is 0. The molecule has 4 heteroatoms. The number of benzene rings is 3. The van der Waals surface area contributed by atoms with Crippen LogP contribution in [0.15, 0.2) is 72.8 Å². The third-order valence-corrected chi connectivity index (χ3v) is 5.36. The standard InChI is InChI=1S/C25H28N2O.ClH/c1-18-13-14-23(17-20(18)3)27(16-15-21-10-8-7-9-19(21)2)25(28)24(26)22-11-5-4-6-12-22;/h4-14,17,24H,15-16,26H2,1-3H3;1H/t24-;/m0./s1. The fraction of sp³-hybridized carbons (Fsp3) is 0.240. The fourth-order valence-corrected chi connectivity index (χ4v) is 3.35. The van der Waals surface area contributed by atoms with Gasteiger partial charge in [-0.15, -0.1) is 12.4 Å². The van der Waals surface area contributed by atoms with Crippen molar-refractivity contribution in [2.24, 2.45) is 5.73 Å². The molecule has 0 aromatic heterocycles. The lowest BCUT2D eigenvalue weighted by atomic mass is 10.0. The van der Waals surface area contributed by atoms with E-state index >= 15 is 0 Å². The molecule has 1 atom stereocenters. The highest BCUT2D eigenvalue weighted by Gasteiger charge is 2.24. The number of rotatable bonds is 6. The molecule has 0 saturated heterocycles. The molecule has 3 aromatic rings. The Hall–Kier alpha value is -2.62. The molecule has 0 aliphatic heterocycles. The van der Waals surface area contributed by atoms with Crippen molar-refractivity contribution in [1.29, 1.82) is 0 Å². The van der Waals surface area contributed by atoms with Crippen molar-refractivity contribution in [3.63, 3.8) is 0 Å². The van der Waals surface area contributed by atoms with Gasteiger partial charge in [0, 0.05) is 12.2 Å². The van der Waals surface area contributed by atoms with Crippen LogP contribution in [0.25, 0.3) is 0 Å². The second kappa shape index (κ2) is 10.2. The van der Waals surface area contributed by atoms with Gasteiger partial charge in [-0.2, -0.15) is 0 Å². The van der Waals surface area contributed by atoms with Gasteiger partial charge in [0.05, 0.1) is 0 Å². The molecular weight excluding hydrogens is 380 g/mol. The molecule has 0 saturated carbocycles. The highest BCUT2D eigenvalue weighted by atomic mass is 35.5. The van der Waals surface area contributed by atoms with Gasteiger partial charge in [-0.1, -0.05) is 60.7 Å². The zero-order chi connectivity index (χ0) is 20.1. The van der Waals surface area contributed by atoms with Crippen LogP contribution in [0.5, 0.6) is 0 Å². The summed E-state index contributed by atoms with van der Waals surface area (Å²) in [7, 11) is 0. The zero-order valence-electron chi connectivity index (χ0n) is 17.3. The second-order valence-electron chi connectivity index (χ2n) is 7.32. The van der Waals surface area contributed by atoms with Gasteiger partial charge < -0.3 is 10.6 Å². The molecule has 0 radical (unpaired) electrons. The first-order chi connectivity index (χ1) is 13.5. The van der Waals surface area contributed by atoms with Crippen molar-refractivity contribution in [3.8, 4) is 0 Å². The predicted molar refractivity (Wildman–Crippen MR) is 124 cm³/mol. The lowest BCUT2D eigenvalue weighted by molar-refractivity contribution is -0.120. The SMILES string of the molecule is Cc1ccc(N(CCc2ccccc2C)C(=O)[C@@H](N)c2ccccc2)cc1C.Cl. The summed E-state index contributed by atoms with van der Waals surface area (Å²) < 4.78 is 0. The van der Waals surface area contributed by atoms with E-state index in [1.807, 2.05) is 53.4 Å². The Labute approximate surface area is 180 Å². The van der Waals surface area contributed by atoms with Gasteiger partial charge in [0.25, 0.3) is 0 Å². The molecule has 0 bridgehead atoms. The first kappa shape index (κ1) is 22.7. The summed E-state index contributed by atoms with van der Waals surface area (Å²) in [6.45, 7) is 6.84. The van der Waals surface area contributed by atoms with Crippen LogP contribution in [0.4, 0.5) is 5.69 Å². The minimum atomic E-state index is -0.681. The molecule has 29 heavy (non-hydrogen) atoms. The molecule has 1 amide bonds. The van der Waals surface area contributed by atoms with Crippen LogP contribution in [0, 0.1) is 20.8 Å². The van der Waals surface area contributed by atoms with Crippen molar-refractivity contribution in [3.05, 3.63) is 101 Å².